The first-order valence-corrected chi connectivity index (χ1v) is 7.14. The van der Waals surface area contributed by atoms with Crippen molar-refractivity contribution in [1.29, 1.82) is 0 Å². The van der Waals surface area contributed by atoms with Crippen LogP contribution in [0.25, 0.3) is 0 Å². The summed E-state index contributed by atoms with van der Waals surface area (Å²) < 4.78 is 31.9. The summed E-state index contributed by atoms with van der Waals surface area (Å²) in [6, 6.07) is 4.87. The number of nitrogens with zero attached hydrogens (tertiary/aromatic N) is 1. The van der Waals surface area contributed by atoms with E-state index in [4.69, 9.17) is 10.3 Å². The first-order valence-electron chi connectivity index (χ1n) is 5.66. The van der Waals surface area contributed by atoms with Gasteiger partial charge in [0.2, 0.25) is 10.0 Å². The van der Waals surface area contributed by atoms with Crippen molar-refractivity contribution in [3.05, 3.63) is 41.3 Å². The number of sulfonamides is 1. The van der Waals surface area contributed by atoms with Crippen LogP contribution in [-0.4, -0.2) is 13.6 Å². The number of hydrogen-bond donors (Lipinski definition) is 2. The summed E-state index contributed by atoms with van der Waals surface area (Å²) in [5.74, 6) is 0.453. The summed E-state index contributed by atoms with van der Waals surface area (Å²) in [6.07, 6.45) is 1.46. The Labute approximate surface area is 111 Å². The van der Waals surface area contributed by atoms with Crippen molar-refractivity contribution < 1.29 is 12.9 Å². The molecule has 0 saturated heterocycles. The fourth-order valence-corrected chi connectivity index (χ4v) is 3.42. The highest BCUT2D eigenvalue weighted by molar-refractivity contribution is 7.89. The van der Waals surface area contributed by atoms with Gasteiger partial charge in [-0.3, -0.25) is 0 Å². The molecule has 0 aliphatic carbocycles. The van der Waals surface area contributed by atoms with Crippen LogP contribution in [-0.2, 0) is 16.6 Å². The minimum absolute atomic E-state index is 0.0611. The normalized spacial score (nSPS) is 11.7. The molecule has 2 rings (SSSR count). The van der Waals surface area contributed by atoms with Gasteiger partial charge in [-0.15, -0.1) is 0 Å². The predicted octanol–water partition coefficient (Wildman–Crippen LogP) is 1.35. The molecule has 6 nitrogen and oxygen atoms in total. The number of anilines is 1. The summed E-state index contributed by atoms with van der Waals surface area (Å²) in [6.45, 7) is 3.49. The molecule has 2 aromatic rings. The molecular formula is C12H15N3O3S. The maximum atomic E-state index is 12.3. The van der Waals surface area contributed by atoms with Crippen LogP contribution in [0, 0.1) is 13.8 Å². The van der Waals surface area contributed by atoms with Gasteiger partial charge in [0.05, 0.1) is 17.6 Å². The van der Waals surface area contributed by atoms with E-state index in [9.17, 15) is 8.42 Å². The lowest BCUT2D eigenvalue weighted by molar-refractivity contribution is 0.380. The monoisotopic (exact) mass is 281 g/mol. The third-order valence-electron chi connectivity index (χ3n) is 2.68. The number of aromatic nitrogens is 1. The van der Waals surface area contributed by atoms with E-state index >= 15 is 0 Å². The summed E-state index contributed by atoms with van der Waals surface area (Å²) >= 11 is 0. The minimum Gasteiger partial charge on any atom is -0.399 e. The van der Waals surface area contributed by atoms with Crippen LogP contribution in [0.1, 0.15) is 16.9 Å². The Kier molecular flexibility index (Phi) is 3.59. The highest BCUT2D eigenvalue weighted by Gasteiger charge is 2.20. The van der Waals surface area contributed by atoms with E-state index < -0.39 is 10.0 Å². The number of nitrogen functional groups attached to an aromatic ring is 1. The topological polar surface area (TPSA) is 98.2 Å². The lowest BCUT2D eigenvalue weighted by Gasteiger charge is -2.12. The number of benzene rings is 1. The van der Waals surface area contributed by atoms with Gasteiger partial charge in [-0.2, -0.15) is 0 Å². The van der Waals surface area contributed by atoms with Crippen molar-refractivity contribution in [1.82, 2.24) is 9.88 Å². The molecule has 0 amide bonds. The average molecular weight is 281 g/mol. The van der Waals surface area contributed by atoms with Crippen LogP contribution in [0.4, 0.5) is 5.69 Å². The smallest absolute Gasteiger partial charge is 0.241 e. The second kappa shape index (κ2) is 5.02. The summed E-state index contributed by atoms with van der Waals surface area (Å²) in [5.41, 5.74) is 7.46. The molecule has 3 N–H and O–H groups in total. The lowest BCUT2D eigenvalue weighted by atomic mass is 10.1. The van der Waals surface area contributed by atoms with Crippen LogP contribution >= 0.6 is 0 Å². The molecule has 0 radical (unpaired) electrons. The molecule has 102 valence electrons. The molecule has 0 spiro atoms. The zero-order valence-electron chi connectivity index (χ0n) is 10.7. The predicted molar refractivity (Wildman–Crippen MR) is 70.9 cm³/mol. The van der Waals surface area contributed by atoms with E-state index in [0.29, 0.717) is 22.6 Å². The van der Waals surface area contributed by atoms with E-state index in [1.807, 2.05) is 0 Å². The van der Waals surface area contributed by atoms with E-state index in [1.165, 1.54) is 6.20 Å². The largest absolute Gasteiger partial charge is 0.399 e. The molecule has 1 heterocycles. The number of nitrogens with two attached hydrogens (primary N) is 1. The Bertz CT molecular complexity index is 655. The molecule has 0 atom stereocenters. The molecule has 0 aliphatic rings. The SMILES string of the molecule is Cc1cc(N)cc(C)c1S(=O)(=O)NCc1ccno1. The molecule has 1 aromatic heterocycles. The second-order valence-electron chi connectivity index (χ2n) is 4.29. The van der Waals surface area contributed by atoms with E-state index in [0.717, 1.165) is 0 Å². The lowest BCUT2D eigenvalue weighted by Crippen LogP contribution is -2.24. The maximum absolute atomic E-state index is 12.3. The van der Waals surface area contributed by atoms with Crippen LogP contribution in [0.15, 0.2) is 33.8 Å². The number of hydrogen-bond acceptors (Lipinski definition) is 5. The zero-order chi connectivity index (χ0) is 14.0. The number of nitrogens with one attached hydrogen (secondary N) is 1. The summed E-state index contributed by atoms with van der Waals surface area (Å²) in [7, 11) is -3.61. The first-order chi connectivity index (χ1) is 8.90. The zero-order valence-corrected chi connectivity index (χ0v) is 11.5. The van der Waals surface area contributed by atoms with Gasteiger partial charge < -0.3 is 10.3 Å². The van der Waals surface area contributed by atoms with Gasteiger partial charge in [0.15, 0.2) is 5.76 Å². The summed E-state index contributed by atoms with van der Waals surface area (Å²) in [4.78, 5) is 0.251. The van der Waals surface area contributed by atoms with Crippen LogP contribution < -0.4 is 10.5 Å². The van der Waals surface area contributed by atoms with Crippen LogP contribution in [0.5, 0.6) is 0 Å². The fraction of sp³-hybridized carbons (Fsp3) is 0.250. The van der Waals surface area contributed by atoms with Crippen molar-refractivity contribution >= 4 is 15.7 Å². The fourth-order valence-electron chi connectivity index (χ4n) is 1.98. The summed E-state index contributed by atoms with van der Waals surface area (Å²) in [5, 5.41) is 3.52. The van der Waals surface area contributed by atoms with E-state index in [2.05, 4.69) is 9.88 Å². The van der Waals surface area contributed by atoms with Crippen LogP contribution in [0.2, 0.25) is 0 Å². The Morgan fingerprint density at radius 1 is 1.32 bits per heavy atom. The van der Waals surface area contributed by atoms with Gasteiger partial charge in [-0.1, -0.05) is 5.16 Å². The quantitative estimate of drug-likeness (QED) is 0.824. The maximum Gasteiger partial charge on any atom is 0.241 e. The van der Waals surface area contributed by atoms with Crippen LogP contribution in [0.3, 0.4) is 0 Å². The molecule has 0 unspecified atom stereocenters. The Balaban J connectivity index is 2.29. The molecule has 1 aromatic carbocycles. The van der Waals surface area contributed by atoms with Gasteiger partial charge in [-0.25, -0.2) is 13.1 Å². The highest BCUT2D eigenvalue weighted by Crippen LogP contribution is 2.23. The first kappa shape index (κ1) is 13.6. The molecule has 19 heavy (non-hydrogen) atoms. The number of rotatable bonds is 4. The van der Waals surface area contributed by atoms with Gasteiger partial charge >= 0.3 is 0 Å². The van der Waals surface area contributed by atoms with Gasteiger partial charge in [-0.05, 0) is 37.1 Å². The Morgan fingerprint density at radius 2 is 1.95 bits per heavy atom. The third-order valence-corrected chi connectivity index (χ3v) is 4.38. The highest BCUT2D eigenvalue weighted by atomic mass is 32.2. The molecule has 0 aliphatic heterocycles. The average Bonchev–Trinajstić information content (AvgIpc) is 2.77. The molecule has 7 heteroatoms. The van der Waals surface area contributed by atoms with Crippen molar-refractivity contribution in [2.75, 3.05) is 5.73 Å². The molecule has 0 saturated carbocycles. The minimum atomic E-state index is -3.61. The van der Waals surface area contributed by atoms with Crippen molar-refractivity contribution in [3.8, 4) is 0 Å². The van der Waals surface area contributed by atoms with Gasteiger partial charge in [0.1, 0.15) is 0 Å². The number of aryl methyl sites for hydroxylation is 2. The molecule has 0 fully saturated rings. The third kappa shape index (κ3) is 2.94. The van der Waals surface area contributed by atoms with Crippen molar-refractivity contribution in [2.45, 2.75) is 25.3 Å². The molecular weight excluding hydrogens is 266 g/mol. The van der Waals surface area contributed by atoms with Gasteiger partial charge in [0, 0.05) is 11.8 Å². The van der Waals surface area contributed by atoms with E-state index in [-0.39, 0.29) is 11.4 Å². The Hall–Kier alpha value is -1.86. The van der Waals surface area contributed by atoms with E-state index in [1.54, 1.807) is 32.0 Å². The second-order valence-corrected chi connectivity index (χ2v) is 5.99. The van der Waals surface area contributed by atoms with Gasteiger partial charge in [0.25, 0.3) is 0 Å². The standard InChI is InChI=1S/C12H15N3O3S/c1-8-5-10(13)6-9(2)12(8)19(16,17)15-7-11-3-4-14-18-11/h3-6,15H,7,13H2,1-2H3. The Morgan fingerprint density at radius 3 is 2.47 bits per heavy atom. The molecule has 0 bridgehead atoms. The van der Waals surface area contributed by atoms with Crippen molar-refractivity contribution in [3.63, 3.8) is 0 Å². The van der Waals surface area contributed by atoms with Crippen molar-refractivity contribution in [2.24, 2.45) is 0 Å².